The van der Waals surface area contributed by atoms with Gasteiger partial charge in [0.2, 0.25) is 0 Å². The quantitative estimate of drug-likeness (QED) is 0.662. The van der Waals surface area contributed by atoms with Crippen LogP contribution in [0.1, 0.15) is 10.5 Å². The largest absolute Gasteiger partial charge is 0.618 e. The first kappa shape index (κ1) is 16.5. The molecular weight excluding hydrogens is 352 g/mol. The summed E-state index contributed by atoms with van der Waals surface area (Å²) in [6.07, 6.45) is 2.68. The highest BCUT2D eigenvalue weighted by Gasteiger charge is 2.26. The van der Waals surface area contributed by atoms with Crippen molar-refractivity contribution in [2.75, 3.05) is 5.75 Å². The fourth-order valence-electron chi connectivity index (χ4n) is 2.38. The summed E-state index contributed by atoms with van der Waals surface area (Å²) in [5.41, 5.74) is 1.33. The molecule has 0 saturated carbocycles. The summed E-state index contributed by atoms with van der Waals surface area (Å²) in [5, 5.41) is 16.3. The van der Waals surface area contributed by atoms with Gasteiger partial charge in [0.25, 0.3) is 5.69 Å². The third-order valence-electron chi connectivity index (χ3n) is 3.57. The van der Waals surface area contributed by atoms with E-state index in [9.17, 15) is 18.4 Å². The predicted molar refractivity (Wildman–Crippen MR) is 90.0 cm³/mol. The monoisotopic (exact) mass is 364 g/mol. The van der Waals surface area contributed by atoms with Gasteiger partial charge in [-0.2, -0.15) is 4.73 Å². The molecule has 1 N–H and O–H groups in total. The molecule has 3 rings (SSSR count). The highest BCUT2D eigenvalue weighted by Crippen LogP contribution is 2.20. The van der Waals surface area contributed by atoms with Crippen LogP contribution in [-0.2, 0) is 9.84 Å². The Morgan fingerprint density at radius 3 is 2.42 bits per heavy atom. The molecule has 2 heterocycles. The first-order valence-electron chi connectivity index (χ1n) is 7.05. The van der Waals surface area contributed by atoms with Crippen LogP contribution in [0.4, 0.5) is 0 Å². The van der Waals surface area contributed by atoms with Gasteiger partial charge in [0, 0.05) is 22.1 Å². The smallest absolute Gasteiger partial charge is 0.317 e. The summed E-state index contributed by atoms with van der Waals surface area (Å²) < 4.78 is 23.1. The Morgan fingerprint density at radius 2 is 1.83 bits per heavy atom. The summed E-state index contributed by atoms with van der Waals surface area (Å²) in [6, 6.07) is 9.38. The molecule has 24 heavy (non-hydrogen) atoms. The van der Waals surface area contributed by atoms with Crippen molar-refractivity contribution in [1.29, 1.82) is 0 Å². The molecular formula is C16H13ClN2O4S. The zero-order valence-corrected chi connectivity index (χ0v) is 13.9. The molecule has 0 unspecified atom stereocenters. The van der Waals surface area contributed by atoms with Gasteiger partial charge >= 0.3 is 5.91 Å². The van der Waals surface area contributed by atoms with Crippen molar-refractivity contribution in [3.63, 3.8) is 0 Å². The molecule has 6 nitrogen and oxygen atoms in total. The van der Waals surface area contributed by atoms with E-state index >= 15 is 0 Å². The van der Waals surface area contributed by atoms with Gasteiger partial charge in [-0.05, 0) is 29.8 Å². The molecule has 124 valence electrons. The van der Waals surface area contributed by atoms with Gasteiger partial charge in [-0.3, -0.25) is 4.79 Å². The second-order valence-corrected chi connectivity index (χ2v) is 7.74. The number of nitrogens with zero attached hydrogens (tertiary/aromatic N) is 1. The Hall–Kier alpha value is -2.38. The Kier molecular flexibility index (Phi) is 4.29. The summed E-state index contributed by atoms with van der Waals surface area (Å²) in [5.74, 6) is -0.820. The van der Waals surface area contributed by atoms with E-state index in [1.807, 2.05) is 0 Å². The number of hydrogen-bond donors (Lipinski definition) is 1. The zero-order chi connectivity index (χ0) is 17.3. The van der Waals surface area contributed by atoms with Gasteiger partial charge in [-0.25, -0.2) is 8.42 Å². The van der Waals surface area contributed by atoms with Crippen molar-refractivity contribution in [3.8, 4) is 11.1 Å². The lowest BCUT2D eigenvalue weighted by atomic mass is 10.1. The van der Waals surface area contributed by atoms with Crippen molar-refractivity contribution in [2.45, 2.75) is 6.04 Å². The Labute approximate surface area is 143 Å². The van der Waals surface area contributed by atoms with E-state index in [1.165, 1.54) is 18.3 Å². The molecule has 1 aliphatic rings. The average molecular weight is 365 g/mol. The number of benzene rings is 1. The summed E-state index contributed by atoms with van der Waals surface area (Å²) in [4.78, 5) is 12.1. The number of sulfone groups is 1. The number of hydrogen-bond acceptors (Lipinski definition) is 4. The number of carbonyl (C=O) groups is 1. The van der Waals surface area contributed by atoms with Crippen molar-refractivity contribution in [2.24, 2.45) is 0 Å². The van der Waals surface area contributed by atoms with E-state index in [0.29, 0.717) is 15.3 Å². The Balaban J connectivity index is 1.78. The number of pyridine rings is 1. The average Bonchev–Trinajstić information content (AvgIpc) is 2.86. The van der Waals surface area contributed by atoms with E-state index in [2.05, 4.69) is 5.32 Å². The van der Waals surface area contributed by atoms with Crippen LogP contribution in [0.3, 0.4) is 0 Å². The van der Waals surface area contributed by atoms with Gasteiger partial charge in [-0.1, -0.05) is 23.7 Å². The lowest BCUT2D eigenvalue weighted by molar-refractivity contribution is -0.607. The van der Waals surface area contributed by atoms with E-state index in [4.69, 9.17) is 11.6 Å². The molecule has 0 fully saturated rings. The zero-order valence-electron chi connectivity index (χ0n) is 12.3. The van der Waals surface area contributed by atoms with Gasteiger partial charge in [0.05, 0.1) is 11.8 Å². The van der Waals surface area contributed by atoms with Crippen molar-refractivity contribution in [3.05, 3.63) is 70.0 Å². The summed E-state index contributed by atoms with van der Waals surface area (Å²) in [7, 11) is -3.27. The number of carbonyl (C=O) groups excluding carboxylic acids is 1. The second-order valence-electron chi connectivity index (χ2n) is 5.37. The molecule has 0 aliphatic carbocycles. The lowest BCUT2D eigenvalue weighted by Gasteiger charge is -2.10. The molecule has 0 saturated heterocycles. The minimum Gasteiger partial charge on any atom is -0.618 e. The van der Waals surface area contributed by atoms with Crippen LogP contribution in [0, 0.1) is 5.21 Å². The van der Waals surface area contributed by atoms with E-state index in [1.54, 1.807) is 30.3 Å². The SMILES string of the molecule is O=C(N[C@@H]1C=CS(=O)(=O)C1)c1ccc(-c2ccc(Cl)cc2)c[n+]1[O-]. The molecule has 0 spiro atoms. The Bertz CT molecular complexity index is 924. The molecule has 1 amide bonds. The molecule has 1 aromatic carbocycles. The minimum absolute atomic E-state index is 0.106. The summed E-state index contributed by atoms with van der Waals surface area (Å²) >= 11 is 5.83. The third kappa shape index (κ3) is 3.58. The van der Waals surface area contributed by atoms with Crippen LogP contribution in [0.5, 0.6) is 0 Å². The fraction of sp³-hybridized carbons (Fsp3) is 0.125. The molecule has 1 atom stereocenters. The van der Waals surface area contributed by atoms with Crippen molar-refractivity contribution < 1.29 is 17.9 Å². The van der Waals surface area contributed by atoms with Gasteiger partial charge in [0.15, 0.2) is 16.0 Å². The maximum absolute atomic E-state index is 12.1. The third-order valence-corrected chi connectivity index (χ3v) is 5.22. The van der Waals surface area contributed by atoms with Crippen LogP contribution < -0.4 is 10.0 Å². The first-order chi connectivity index (χ1) is 11.3. The number of rotatable bonds is 3. The van der Waals surface area contributed by atoms with Gasteiger partial charge < -0.3 is 10.5 Å². The molecule has 2 aromatic rings. The standard InChI is InChI=1S/C16H13ClN2O4S/c17-13-4-1-11(2-5-13)12-3-6-15(19(21)9-12)16(20)18-14-7-8-24(22,23)10-14/h1-9,14H,10H2,(H,18,20)/t14-/m1/s1. The first-order valence-corrected chi connectivity index (χ1v) is 9.14. The van der Waals surface area contributed by atoms with Crippen LogP contribution in [0.2, 0.25) is 5.02 Å². The molecule has 0 radical (unpaired) electrons. The topological polar surface area (TPSA) is 90.2 Å². The molecule has 1 aromatic heterocycles. The maximum Gasteiger partial charge on any atom is 0.317 e. The number of nitrogens with one attached hydrogen (secondary N) is 1. The number of aromatic nitrogens is 1. The van der Waals surface area contributed by atoms with E-state index < -0.39 is 21.8 Å². The lowest BCUT2D eigenvalue weighted by Crippen LogP contribution is -2.43. The highest BCUT2D eigenvalue weighted by molar-refractivity contribution is 7.94. The van der Waals surface area contributed by atoms with Gasteiger partial charge in [-0.15, -0.1) is 0 Å². The van der Waals surface area contributed by atoms with Crippen LogP contribution in [0.25, 0.3) is 11.1 Å². The maximum atomic E-state index is 12.1. The fourth-order valence-corrected chi connectivity index (χ4v) is 3.74. The number of amides is 1. The Morgan fingerprint density at radius 1 is 1.17 bits per heavy atom. The number of halogens is 1. The predicted octanol–water partition coefficient (Wildman–Crippen LogP) is 1.68. The summed E-state index contributed by atoms with van der Waals surface area (Å²) in [6.45, 7) is 0. The van der Waals surface area contributed by atoms with E-state index in [-0.39, 0.29) is 11.4 Å². The van der Waals surface area contributed by atoms with Crippen LogP contribution in [-0.4, -0.2) is 26.1 Å². The van der Waals surface area contributed by atoms with Crippen LogP contribution in [0.15, 0.2) is 54.1 Å². The minimum atomic E-state index is -3.27. The molecule has 1 aliphatic heterocycles. The van der Waals surface area contributed by atoms with Crippen molar-refractivity contribution in [1.82, 2.24) is 5.32 Å². The molecule has 0 bridgehead atoms. The molecule has 8 heteroatoms. The van der Waals surface area contributed by atoms with Crippen molar-refractivity contribution >= 4 is 27.3 Å². The van der Waals surface area contributed by atoms with Crippen LogP contribution >= 0.6 is 11.6 Å². The van der Waals surface area contributed by atoms with E-state index in [0.717, 1.165) is 11.0 Å². The normalized spacial score (nSPS) is 18.5. The van der Waals surface area contributed by atoms with Gasteiger partial charge in [0.1, 0.15) is 0 Å². The highest BCUT2D eigenvalue weighted by atomic mass is 35.5. The second kappa shape index (κ2) is 6.26.